The third kappa shape index (κ3) is 2.01. The average molecular weight is 206 g/mol. The number of nitrogen functional groups attached to an aromatic ring is 1. The Morgan fingerprint density at radius 2 is 2.33 bits per heavy atom. The number of fused-ring (bicyclic) bond motifs is 1. The molecule has 0 aromatic heterocycles. The highest BCUT2D eigenvalue weighted by molar-refractivity contribution is 5.66. The van der Waals surface area contributed by atoms with Gasteiger partial charge in [0.1, 0.15) is 11.9 Å². The van der Waals surface area contributed by atoms with E-state index in [4.69, 9.17) is 10.5 Å². The van der Waals surface area contributed by atoms with Gasteiger partial charge >= 0.3 is 0 Å². The highest BCUT2D eigenvalue weighted by atomic mass is 16.5. The molecule has 1 aliphatic rings. The molecule has 1 aromatic carbocycles. The summed E-state index contributed by atoms with van der Waals surface area (Å²) in [6, 6.07) is 5.85. The summed E-state index contributed by atoms with van der Waals surface area (Å²) in [5.41, 5.74) is 7.73. The number of benzene rings is 1. The van der Waals surface area contributed by atoms with Crippen LogP contribution in [0.3, 0.4) is 0 Å². The fourth-order valence-electron chi connectivity index (χ4n) is 2.03. The lowest BCUT2D eigenvalue weighted by Gasteiger charge is -2.35. The fraction of sp³-hybridized carbons (Fsp3) is 0.500. The molecule has 3 heteroatoms. The molecule has 2 rings (SSSR count). The molecule has 1 aromatic rings. The molecule has 0 fully saturated rings. The molecule has 1 heterocycles. The van der Waals surface area contributed by atoms with Crippen LogP contribution in [-0.4, -0.2) is 19.2 Å². The molecule has 1 atom stereocenters. The van der Waals surface area contributed by atoms with Crippen molar-refractivity contribution < 1.29 is 4.74 Å². The lowest BCUT2D eigenvalue weighted by atomic mass is 10.1. The summed E-state index contributed by atoms with van der Waals surface area (Å²) < 4.78 is 5.77. The predicted molar refractivity (Wildman–Crippen MR) is 63.4 cm³/mol. The third-order valence-electron chi connectivity index (χ3n) is 2.62. The third-order valence-corrected chi connectivity index (χ3v) is 2.62. The highest BCUT2D eigenvalue weighted by Gasteiger charge is 2.22. The monoisotopic (exact) mass is 206 g/mol. The first-order valence-corrected chi connectivity index (χ1v) is 5.52. The number of hydrogen-bond donors (Lipinski definition) is 1. The zero-order chi connectivity index (χ0) is 10.8. The van der Waals surface area contributed by atoms with E-state index in [1.807, 2.05) is 18.2 Å². The van der Waals surface area contributed by atoms with E-state index in [1.54, 1.807) is 0 Å². The van der Waals surface area contributed by atoms with Crippen molar-refractivity contribution in [1.29, 1.82) is 0 Å². The smallest absolute Gasteiger partial charge is 0.143 e. The van der Waals surface area contributed by atoms with Crippen LogP contribution in [0.5, 0.6) is 5.75 Å². The summed E-state index contributed by atoms with van der Waals surface area (Å²) in [4.78, 5) is 2.35. The maximum atomic E-state index is 5.79. The SMILES string of the molecule is CCCN1CC(C)Oc2ccc(N)cc21. The van der Waals surface area contributed by atoms with Crippen molar-refractivity contribution in [3.05, 3.63) is 18.2 Å². The Bertz CT molecular complexity index is 351. The number of anilines is 2. The van der Waals surface area contributed by atoms with Crippen molar-refractivity contribution in [1.82, 2.24) is 0 Å². The number of hydrogen-bond acceptors (Lipinski definition) is 3. The Morgan fingerprint density at radius 1 is 1.53 bits per heavy atom. The van der Waals surface area contributed by atoms with Crippen molar-refractivity contribution in [3.63, 3.8) is 0 Å². The second-order valence-corrected chi connectivity index (χ2v) is 4.10. The van der Waals surface area contributed by atoms with Crippen LogP contribution in [0, 0.1) is 0 Å². The summed E-state index contributed by atoms with van der Waals surface area (Å²) in [5, 5.41) is 0. The first-order valence-electron chi connectivity index (χ1n) is 5.52. The zero-order valence-corrected chi connectivity index (χ0v) is 9.36. The Hall–Kier alpha value is -1.38. The van der Waals surface area contributed by atoms with Gasteiger partial charge < -0.3 is 15.4 Å². The molecule has 0 aliphatic carbocycles. The van der Waals surface area contributed by atoms with Crippen molar-refractivity contribution in [2.45, 2.75) is 26.4 Å². The minimum Gasteiger partial charge on any atom is -0.487 e. The molecule has 0 radical (unpaired) electrons. The summed E-state index contributed by atoms with van der Waals surface area (Å²) in [7, 11) is 0. The van der Waals surface area contributed by atoms with Gasteiger partial charge in [0.05, 0.1) is 12.2 Å². The molecule has 2 N–H and O–H groups in total. The number of ether oxygens (including phenoxy) is 1. The van der Waals surface area contributed by atoms with Crippen LogP contribution in [0.4, 0.5) is 11.4 Å². The van der Waals surface area contributed by atoms with Crippen LogP contribution in [0.1, 0.15) is 20.3 Å². The summed E-state index contributed by atoms with van der Waals surface area (Å²) in [6.45, 7) is 6.29. The molecular weight excluding hydrogens is 188 g/mol. The zero-order valence-electron chi connectivity index (χ0n) is 9.36. The van der Waals surface area contributed by atoms with Crippen LogP contribution in [0.25, 0.3) is 0 Å². The van der Waals surface area contributed by atoms with Crippen molar-refractivity contribution in [2.24, 2.45) is 0 Å². The van der Waals surface area contributed by atoms with Gasteiger partial charge in [-0.05, 0) is 31.5 Å². The van der Waals surface area contributed by atoms with E-state index in [0.717, 1.165) is 36.6 Å². The molecule has 0 amide bonds. The summed E-state index contributed by atoms with van der Waals surface area (Å²) >= 11 is 0. The maximum absolute atomic E-state index is 5.79. The van der Waals surface area contributed by atoms with Gasteiger partial charge in [0.2, 0.25) is 0 Å². The molecule has 0 saturated heterocycles. The normalized spacial score (nSPS) is 19.6. The van der Waals surface area contributed by atoms with E-state index in [0.29, 0.717) is 0 Å². The van der Waals surface area contributed by atoms with Gasteiger partial charge in [-0.2, -0.15) is 0 Å². The van der Waals surface area contributed by atoms with Crippen molar-refractivity contribution in [2.75, 3.05) is 23.7 Å². The van der Waals surface area contributed by atoms with E-state index < -0.39 is 0 Å². The topological polar surface area (TPSA) is 38.5 Å². The molecule has 15 heavy (non-hydrogen) atoms. The molecular formula is C12H18N2O. The number of rotatable bonds is 2. The standard InChI is InChI=1S/C12H18N2O/c1-3-6-14-8-9(2)15-12-5-4-10(13)7-11(12)14/h4-5,7,9H,3,6,8,13H2,1-2H3. The van der Waals surface area contributed by atoms with E-state index in [-0.39, 0.29) is 6.10 Å². The van der Waals surface area contributed by atoms with Gasteiger partial charge in [0, 0.05) is 12.2 Å². The van der Waals surface area contributed by atoms with E-state index in [9.17, 15) is 0 Å². The molecule has 1 unspecified atom stereocenters. The lowest BCUT2D eigenvalue weighted by Crippen LogP contribution is -2.38. The fourth-order valence-corrected chi connectivity index (χ4v) is 2.03. The summed E-state index contributed by atoms with van der Waals surface area (Å²) in [5.74, 6) is 0.955. The second kappa shape index (κ2) is 4.01. The van der Waals surface area contributed by atoms with Gasteiger partial charge in [-0.15, -0.1) is 0 Å². The van der Waals surface area contributed by atoms with Gasteiger partial charge in [-0.25, -0.2) is 0 Å². The highest BCUT2D eigenvalue weighted by Crippen LogP contribution is 2.34. The second-order valence-electron chi connectivity index (χ2n) is 4.10. The quantitative estimate of drug-likeness (QED) is 0.754. The van der Waals surface area contributed by atoms with Crippen LogP contribution in [-0.2, 0) is 0 Å². The lowest BCUT2D eigenvalue weighted by molar-refractivity contribution is 0.212. The molecule has 1 aliphatic heterocycles. The number of nitrogens with zero attached hydrogens (tertiary/aromatic N) is 1. The van der Waals surface area contributed by atoms with Crippen LogP contribution in [0.2, 0.25) is 0 Å². The Labute approximate surface area is 90.8 Å². The van der Waals surface area contributed by atoms with Crippen LogP contribution in [0.15, 0.2) is 18.2 Å². The summed E-state index contributed by atoms with van der Waals surface area (Å²) in [6.07, 6.45) is 1.40. The van der Waals surface area contributed by atoms with E-state index in [2.05, 4.69) is 18.7 Å². The van der Waals surface area contributed by atoms with Gasteiger partial charge in [0.15, 0.2) is 0 Å². The Kier molecular flexibility index (Phi) is 2.71. The first kappa shape index (κ1) is 10.1. The van der Waals surface area contributed by atoms with Crippen molar-refractivity contribution in [3.8, 4) is 5.75 Å². The average Bonchev–Trinajstić information content (AvgIpc) is 2.19. The van der Waals surface area contributed by atoms with E-state index >= 15 is 0 Å². The molecule has 82 valence electrons. The number of nitrogens with two attached hydrogens (primary N) is 1. The largest absolute Gasteiger partial charge is 0.487 e. The molecule has 0 bridgehead atoms. The predicted octanol–water partition coefficient (Wildman–Crippen LogP) is 2.27. The van der Waals surface area contributed by atoms with Gasteiger partial charge in [-0.3, -0.25) is 0 Å². The molecule has 0 spiro atoms. The van der Waals surface area contributed by atoms with Gasteiger partial charge in [-0.1, -0.05) is 6.92 Å². The van der Waals surface area contributed by atoms with Gasteiger partial charge in [0.25, 0.3) is 0 Å². The van der Waals surface area contributed by atoms with E-state index in [1.165, 1.54) is 0 Å². The van der Waals surface area contributed by atoms with Crippen molar-refractivity contribution >= 4 is 11.4 Å². The Balaban J connectivity index is 2.34. The maximum Gasteiger partial charge on any atom is 0.143 e. The molecule has 3 nitrogen and oxygen atoms in total. The Morgan fingerprint density at radius 3 is 3.07 bits per heavy atom. The minimum absolute atomic E-state index is 0.257. The molecule has 0 saturated carbocycles. The minimum atomic E-state index is 0.257. The van der Waals surface area contributed by atoms with Crippen LogP contribution >= 0.6 is 0 Å². The van der Waals surface area contributed by atoms with Crippen LogP contribution < -0.4 is 15.4 Å². The first-order chi connectivity index (χ1) is 7.20.